The number of rotatable bonds is 6. The number of carboxylic acids is 1. The lowest BCUT2D eigenvalue weighted by Crippen LogP contribution is -2.34. The van der Waals surface area contributed by atoms with Crippen LogP contribution in [0.15, 0.2) is 5.38 Å². The van der Waals surface area contributed by atoms with Crippen molar-refractivity contribution in [2.24, 2.45) is 0 Å². The molecule has 0 amide bonds. The van der Waals surface area contributed by atoms with Crippen molar-refractivity contribution < 1.29 is 9.90 Å². The van der Waals surface area contributed by atoms with Crippen LogP contribution in [0.25, 0.3) is 0 Å². The predicted molar refractivity (Wildman–Crippen MR) is 93.7 cm³/mol. The molecule has 130 valence electrons. The summed E-state index contributed by atoms with van der Waals surface area (Å²) in [5.74, 6) is -0.473. The van der Waals surface area contributed by atoms with E-state index in [9.17, 15) is 9.90 Å². The van der Waals surface area contributed by atoms with Gasteiger partial charge in [-0.1, -0.05) is 13.8 Å². The summed E-state index contributed by atoms with van der Waals surface area (Å²) in [6.07, 6.45) is 2.59. The molecule has 0 unspecified atom stereocenters. The van der Waals surface area contributed by atoms with E-state index in [1.807, 2.05) is 11.6 Å². The maximum atomic E-state index is 11.4. The van der Waals surface area contributed by atoms with Crippen molar-refractivity contribution in [3.05, 3.63) is 33.0 Å². The quantitative estimate of drug-likeness (QED) is 0.839. The van der Waals surface area contributed by atoms with E-state index >= 15 is 0 Å². The van der Waals surface area contributed by atoms with Gasteiger partial charge in [-0.15, -0.1) is 11.3 Å². The molecule has 6 nitrogen and oxygen atoms in total. The topological polar surface area (TPSA) is 80.0 Å². The second-order valence-corrected chi connectivity index (χ2v) is 7.44. The first-order valence-corrected chi connectivity index (χ1v) is 9.37. The molecule has 2 aromatic heterocycles. The largest absolute Gasteiger partial charge is 0.476 e. The number of carbonyl (C=O) groups is 1. The zero-order valence-corrected chi connectivity index (χ0v) is 15.2. The van der Waals surface area contributed by atoms with Crippen LogP contribution in [-0.2, 0) is 25.9 Å². The average molecular weight is 348 g/mol. The second kappa shape index (κ2) is 7.03. The molecule has 0 aliphatic heterocycles. The van der Waals surface area contributed by atoms with Gasteiger partial charge in [-0.3, -0.25) is 4.68 Å². The Bertz CT molecular complexity index is 735. The number of nitrogens with zero attached hydrogens (tertiary/aromatic N) is 3. The molecule has 2 N–H and O–H groups in total. The standard InChI is InChI=1S/C17H24N4O2S/c1-4-21-14-6-5-11(7-13(14)15(20-21)17(22)23)18-8-12-9-24-16(19-12)10(2)3/h9-11,18H,4-8H2,1-3H3,(H,22,23)/t11-/m0/s1. The van der Waals surface area contributed by atoms with Gasteiger partial charge in [0.05, 0.1) is 10.7 Å². The van der Waals surface area contributed by atoms with Crippen LogP contribution in [0.1, 0.15) is 65.6 Å². The molecule has 24 heavy (non-hydrogen) atoms. The maximum absolute atomic E-state index is 11.4. The Morgan fingerprint density at radius 2 is 2.33 bits per heavy atom. The van der Waals surface area contributed by atoms with Gasteiger partial charge < -0.3 is 10.4 Å². The first kappa shape index (κ1) is 17.1. The lowest BCUT2D eigenvalue weighted by Gasteiger charge is -2.24. The molecule has 0 bridgehead atoms. The predicted octanol–water partition coefficient (Wildman–Crippen LogP) is 2.83. The molecule has 0 fully saturated rings. The number of fused-ring (bicyclic) bond motifs is 1. The van der Waals surface area contributed by atoms with Gasteiger partial charge in [-0.05, 0) is 26.2 Å². The third-order valence-electron chi connectivity index (χ3n) is 4.48. The molecule has 1 aliphatic rings. The monoisotopic (exact) mass is 348 g/mol. The SMILES string of the molecule is CCn1nc(C(=O)O)c2c1CC[C@H](NCc1csc(C(C)C)n1)C2. The number of aryl methyl sites for hydroxylation is 1. The smallest absolute Gasteiger partial charge is 0.356 e. The summed E-state index contributed by atoms with van der Waals surface area (Å²) in [7, 11) is 0. The van der Waals surface area contributed by atoms with E-state index < -0.39 is 5.97 Å². The van der Waals surface area contributed by atoms with E-state index in [1.54, 1.807) is 11.3 Å². The summed E-state index contributed by atoms with van der Waals surface area (Å²) in [5, 5.41) is 20.5. The molecule has 2 heterocycles. The van der Waals surface area contributed by atoms with Gasteiger partial charge in [-0.2, -0.15) is 5.10 Å². The number of nitrogens with one attached hydrogen (secondary N) is 1. The number of hydrogen-bond donors (Lipinski definition) is 2. The van der Waals surface area contributed by atoms with E-state index in [4.69, 9.17) is 0 Å². The Balaban J connectivity index is 1.68. The van der Waals surface area contributed by atoms with E-state index in [-0.39, 0.29) is 11.7 Å². The van der Waals surface area contributed by atoms with Gasteiger partial charge in [0, 0.05) is 41.7 Å². The van der Waals surface area contributed by atoms with Crippen LogP contribution in [0, 0.1) is 0 Å². The second-order valence-electron chi connectivity index (χ2n) is 6.55. The van der Waals surface area contributed by atoms with E-state index in [0.717, 1.165) is 47.8 Å². The lowest BCUT2D eigenvalue weighted by atomic mass is 9.91. The summed E-state index contributed by atoms with van der Waals surface area (Å²) in [6, 6.07) is 0.273. The Morgan fingerprint density at radius 1 is 1.54 bits per heavy atom. The minimum atomic E-state index is -0.930. The molecule has 0 aromatic carbocycles. The minimum Gasteiger partial charge on any atom is -0.476 e. The molecular weight excluding hydrogens is 324 g/mol. The normalized spacial score (nSPS) is 17.2. The average Bonchev–Trinajstić information content (AvgIpc) is 3.17. The molecule has 0 radical (unpaired) electrons. The van der Waals surface area contributed by atoms with Crippen molar-refractivity contribution in [2.45, 2.75) is 65.1 Å². The van der Waals surface area contributed by atoms with Crippen LogP contribution in [0.5, 0.6) is 0 Å². The summed E-state index contributed by atoms with van der Waals surface area (Å²) < 4.78 is 1.84. The van der Waals surface area contributed by atoms with Crippen LogP contribution in [0.2, 0.25) is 0 Å². The number of hydrogen-bond acceptors (Lipinski definition) is 5. The van der Waals surface area contributed by atoms with Crippen LogP contribution in [-0.4, -0.2) is 31.9 Å². The van der Waals surface area contributed by atoms with Gasteiger partial charge in [0.1, 0.15) is 0 Å². The minimum absolute atomic E-state index is 0.217. The van der Waals surface area contributed by atoms with E-state index in [2.05, 4.69) is 34.6 Å². The molecule has 1 aliphatic carbocycles. The zero-order chi connectivity index (χ0) is 17.3. The Labute approximate surface area is 145 Å². The summed E-state index contributed by atoms with van der Waals surface area (Å²) in [6.45, 7) is 7.74. The molecule has 0 saturated heterocycles. The summed E-state index contributed by atoms with van der Waals surface area (Å²) in [4.78, 5) is 16.1. The fourth-order valence-corrected chi connectivity index (χ4v) is 4.05. The highest BCUT2D eigenvalue weighted by molar-refractivity contribution is 7.09. The van der Waals surface area contributed by atoms with Crippen molar-refractivity contribution in [2.75, 3.05) is 0 Å². The van der Waals surface area contributed by atoms with Crippen molar-refractivity contribution in [1.82, 2.24) is 20.1 Å². The highest BCUT2D eigenvalue weighted by Gasteiger charge is 2.28. The van der Waals surface area contributed by atoms with Crippen LogP contribution in [0.3, 0.4) is 0 Å². The van der Waals surface area contributed by atoms with Crippen LogP contribution < -0.4 is 5.32 Å². The first-order valence-electron chi connectivity index (χ1n) is 8.49. The van der Waals surface area contributed by atoms with Gasteiger partial charge >= 0.3 is 5.97 Å². The van der Waals surface area contributed by atoms with Gasteiger partial charge in [0.25, 0.3) is 0 Å². The Morgan fingerprint density at radius 3 is 2.96 bits per heavy atom. The molecule has 2 aromatic rings. The van der Waals surface area contributed by atoms with Crippen molar-refractivity contribution >= 4 is 17.3 Å². The zero-order valence-electron chi connectivity index (χ0n) is 14.4. The highest BCUT2D eigenvalue weighted by atomic mass is 32.1. The van der Waals surface area contributed by atoms with Gasteiger partial charge in [0.2, 0.25) is 0 Å². The number of aromatic carboxylic acids is 1. The molecular formula is C17H24N4O2S. The lowest BCUT2D eigenvalue weighted by molar-refractivity contribution is 0.0688. The van der Waals surface area contributed by atoms with Crippen molar-refractivity contribution in [3.8, 4) is 0 Å². The first-order chi connectivity index (χ1) is 11.5. The molecule has 0 saturated carbocycles. The number of carboxylic acid groups (broad SMARTS) is 1. The fraction of sp³-hybridized carbons (Fsp3) is 0.588. The Kier molecular flexibility index (Phi) is 5.01. The maximum Gasteiger partial charge on any atom is 0.356 e. The third kappa shape index (κ3) is 3.37. The van der Waals surface area contributed by atoms with Crippen molar-refractivity contribution in [3.63, 3.8) is 0 Å². The number of thiazole rings is 1. The summed E-state index contributed by atoms with van der Waals surface area (Å²) >= 11 is 1.70. The van der Waals surface area contributed by atoms with Crippen LogP contribution in [0.4, 0.5) is 0 Å². The third-order valence-corrected chi connectivity index (χ3v) is 5.68. The number of aromatic nitrogens is 3. The Hall–Kier alpha value is -1.73. The fourth-order valence-electron chi connectivity index (χ4n) is 3.21. The van der Waals surface area contributed by atoms with E-state index in [1.165, 1.54) is 0 Å². The summed E-state index contributed by atoms with van der Waals surface area (Å²) in [5.41, 5.74) is 3.27. The van der Waals surface area contributed by atoms with Crippen molar-refractivity contribution in [1.29, 1.82) is 0 Å². The molecule has 3 rings (SSSR count). The molecule has 7 heteroatoms. The highest BCUT2D eigenvalue weighted by Crippen LogP contribution is 2.25. The van der Waals surface area contributed by atoms with Crippen LogP contribution >= 0.6 is 11.3 Å². The van der Waals surface area contributed by atoms with Gasteiger partial charge in [0.15, 0.2) is 5.69 Å². The molecule has 0 spiro atoms. The van der Waals surface area contributed by atoms with E-state index in [0.29, 0.717) is 12.5 Å². The molecule has 1 atom stereocenters. The van der Waals surface area contributed by atoms with Gasteiger partial charge in [-0.25, -0.2) is 9.78 Å².